The van der Waals surface area contributed by atoms with Gasteiger partial charge in [0, 0.05) is 22.3 Å². The summed E-state index contributed by atoms with van der Waals surface area (Å²) in [5, 5.41) is 2.56. The zero-order valence-corrected chi connectivity index (χ0v) is 14.5. The number of hydrogen-bond acceptors (Lipinski definition) is 3. The number of nitrogens with one attached hydrogen (secondary N) is 1. The molecule has 2 aliphatic carbocycles. The van der Waals surface area contributed by atoms with Crippen LogP contribution in [0.2, 0.25) is 0 Å². The molecule has 1 aliphatic heterocycles. The molecule has 2 heterocycles. The Morgan fingerprint density at radius 1 is 1.21 bits per heavy atom. The maximum atomic E-state index is 13.0. The predicted molar refractivity (Wildman–Crippen MR) is 91.9 cm³/mol. The van der Waals surface area contributed by atoms with Crippen molar-refractivity contribution in [2.45, 2.75) is 37.0 Å². The minimum Gasteiger partial charge on any atom is -0.291 e. The normalized spacial score (nSPS) is 24.7. The second-order valence-electron chi connectivity index (χ2n) is 6.88. The van der Waals surface area contributed by atoms with Gasteiger partial charge >= 0.3 is 0 Å². The summed E-state index contributed by atoms with van der Waals surface area (Å²) >= 11 is 3.61. The average Bonchev–Trinajstić information content (AvgIpc) is 3.34. The number of benzene rings is 1. The average molecular weight is 383 g/mol. The van der Waals surface area contributed by atoms with Gasteiger partial charge in [0.1, 0.15) is 5.41 Å². The summed E-state index contributed by atoms with van der Waals surface area (Å²) in [5.41, 5.74) is 3.79. The highest BCUT2D eigenvalue weighted by Crippen LogP contribution is 2.50. The van der Waals surface area contributed by atoms with Crippen molar-refractivity contribution in [1.82, 2.24) is 10.3 Å². The van der Waals surface area contributed by atoms with E-state index in [1.807, 2.05) is 24.3 Å². The molecule has 1 unspecified atom stereocenters. The number of pyridine rings is 1. The van der Waals surface area contributed by atoms with E-state index < -0.39 is 5.41 Å². The summed E-state index contributed by atoms with van der Waals surface area (Å²) < 4.78 is 1.03. The number of carbonyl (C=O) groups excluding carboxylic acids is 2. The van der Waals surface area contributed by atoms with E-state index in [0.717, 1.165) is 46.1 Å². The Kier molecular flexibility index (Phi) is 2.84. The molecule has 3 aliphatic rings. The van der Waals surface area contributed by atoms with Gasteiger partial charge in [-0.25, -0.2) is 0 Å². The topological polar surface area (TPSA) is 59.1 Å². The van der Waals surface area contributed by atoms with E-state index in [4.69, 9.17) is 0 Å². The quantitative estimate of drug-likeness (QED) is 0.770. The molecule has 1 saturated carbocycles. The zero-order valence-electron chi connectivity index (χ0n) is 12.9. The van der Waals surface area contributed by atoms with Crippen LogP contribution in [-0.4, -0.2) is 16.8 Å². The van der Waals surface area contributed by atoms with Gasteiger partial charge < -0.3 is 0 Å². The molecule has 0 radical (unpaired) electrons. The first kappa shape index (κ1) is 14.3. The van der Waals surface area contributed by atoms with Gasteiger partial charge in [-0.2, -0.15) is 0 Å². The molecule has 1 aromatic carbocycles. The monoisotopic (exact) mass is 382 g/mol. The third-order valence-corrected chi connectivity index (χ3v) is 6.31. The Balaban J connectivity index is 1.81. The highest BCUT2D eigenvalue weighted by atomic mass is 79.9. The van der Waals surface area contributed by atoms with Crippen molar-refractivity contribution in [3.05, 3.63) is 62.9 Å². The number of fused-ring (bicyclic) bond motifs is 4. The van der Waals surface area contributed by atoms with Gasteiger partial charge in [-0.1, -0.05) is 28.1 Å². The molecule has 5 heteroatoms. The fraction of sp³-hybridized carbons (Fsp3) is 0.316. The van der Waals surface area contributed by atoms with Crippen LogP contribution < -0.4 is 5.32 Å². The Morgan fingerprint density at radius 2 is 2.04 bits per heavy atom. The summed E-state index contributed by atoms with van der Waals surface area (Å²) in [7, 11) is 0. The van der Waals surface area contributed by atoms with Gasteiger partial charge in [-0.3, -0.25) is 19.9 Å². The molecule has 1 atom stereocenters. The third kappa shape index (κ3) is 1.76. The van der Waals surface area contributed by atoms with Gasteiger partial charge in [0.15, 0.2) is 0 Å². The highest BCUT2D eigenvalue weighted by molar-refractivity contribution is 9.10. The van der Waals surface area contributed by atoms with E-state index in [2.05, 4.69) is 26.2 Å². The molecular weight excluding hydrogens is 368 g/mol. The first-order valence-electron chi connectivity index (χ1n) is 8.25. The summed E-state index contributed by atoms with van der Waals surface area (Å²) in [6.07, 6.45) is 5.44. The molecule has 1 spiro atoms. The highest BCUT2D eigenvalue weighted by Gasteiger charge is 2.52. The molecule has 0 bridgehead atoms. The Hall–Kier alpha value is -2.01. The summed E-state index contributed by atoms with van der Waals surface area (Å²) in [5.74, 6) is -0.0560. The van der Waals surface area contributed by atoms with Crippen LogP contribution in [0.25, 0.3) is 0 Å². The summed E-state index contributed by atoms with van der Waals surface area (Å²) in [6.45, 7) is 0. The summed E-state index contributed by atoms with van der Waals surface area (Å²) in [6, 6.07) is 8.00. The maximum Gasteiger partial charge on any atom is 0.259 e. The molecule has 120 valence electrons. The van der Waals surface area contributed by atoms with Crippen LogP contribution in [0, 0.1) is 0 Å². The lowest BCUT2D eigenvalue weighted by atomic mass is 9.71. The van der Waals surface area contributed by atoms with Crippen LogP contribution in [0.5, 0.6) is 0 Å². The van der Waals surface area contributed by atoms with Crippen molar-refractivity contribution in [3.63, 3.8) is 0 Å². The van der Waals surface area contributed by atoms with Gasteiger partial charge in [0.25, 0.3) is 5.91 Å². The first-order chi connectivity index (χ1) is 11.6. The molecule has 5 rings (SSSR count). The number of aromatic nitrogens is 1. The number of halogens is 1. The maximum absolute atomic E-state index is 13.0. The number of imide groups is 1. The molecule has 1 N–H and O–H groups in total. The van der Waals surface area contributed by atoms with Crippen LogP contribution >= 0.6 is 15.9 Å². The summed E-state index contributed by atoms with van der Waals surface area (Å²) in [4.78, 5) is 29.8. The molecule has 24 heavy (non-hydrogen) atoms. The number of amides is 2. The van der Waals surface area contributed by atoms with Crippen molar-refractivity contribution >= 4 is 27.7 Å². The lowest BCUT2D eigenvalue weighted by molar-refractivity contribution is -0.124. The minimum absolute atomic E-state index is 0.204. The van der Waals surface area contributed by atoms with Gasteiger partial charge in [0.2, 0.25) is 5.91 Å². The Labute approximate surface area is 147 Å². The van der Waals surface area contributed by atoms with Crippen LogP contribution in [0.15, 0.2) is 34.9 Å². The van der Waals surface area contributed by atoms with Crippen molar-refractivity contribution in [2.24, 2.45) is 0 Å². The smallest absolute Gasteiger partial charge is 0.259 e. The van der Waals surface area contributed by atoms with Gasteiger partial charge in [0.05, 0.1) is 5.56 Å². The van der Waals surface area contributed by atoms with E-state index in [-0.39, 0.29) is 11.8 Å². The SMILES string of the molecule is O=C1NC(=O)C2(CCc3c(Br)cccc32)c2cc(C3CC3)ncc21. The number of hydrogen-bond donors (Lipinski definition) is 1. The van der Waals surface area contributed by atoms with Crippen molar-refractivity contribution < 1.29 is 9.59 Å². The molecule has 0 saturated heterocycles. The van der Waals surface area contributed by atoms with Crippen LogP contribution in [-0.2, 0) is 16.6 Å². The van der Waals surface area contributed by atoms with Crippen molar-refractivity contribution in [1.29, 1.82) is 0 Å². The Morgan fingerprint density at radius 3 is 2.83 bits per heavy atom. The Bertz CT molecular complexity index is 920. The zero-order chi connectivity index (χ0) is 16.5. The standard InChI is InChI=1S/C19H15BrN2O2/c20-15-3-1-2-13-11(15)6-7-19(13)14-8-16(10-4-5-10)21-9-12(14)17(23)22-18(19)24/h1-3,8-10H,4-7H2,(H,22,23,24). The van der Waals surface area contributed by atoms with E-state index in [0.29, 0.717) is 17.9 Å². The molecule has 1 fully saturated rings. The largest absolute Gasteiger partial charge is 0.291 e. The lowest BCUT2D eigenvalue weighted by Crippen LogP contribution is -2.51. The molecule has 2 amide bonds. The van der Waals surface area contributed by atoms with E-state index >= 15 is 0 Å². The fourth-order valence-corrected chi connectivity index (χ4v) is 4.75. The van der Waals surface area contributed by atoms with E-state index in [9.17, 15) is 9.59 Å². The van der Waals surface area contributed by atoms with Crippen molar-refractivity contribution in [2.75, 3.05) is 0 Å². The molecule has 1 aromatic heterocycles. The van der Waals surface area contributed by atoms with Gasteiger partial charge in [-0.15, -0.1) is 0 Å². The first-order valence-corrected chi connectivity index (χ1v) is 9.04. The molecular formula is C19H15BrN2O2. The third-order valence-electron chi connectivity index (χ3n) is 5.57. The van der Waals surface area contributed by atoms with Crippen LogP contribution in [0.3, 0.4) is 0 Å². The van der Waals surface area contributed by atoms with Crippen LogP contribution in [0.1, 0.15) is 57.9 Å². The van der Waals surface area contributed by atoms with E-state index in [1.165, 1.54) is 0 Å². The number of carbonyl (C=O) groups is 2. The predicted octanol–water partition coefficient (Wildman–Crippen LogP) is 3.22. The molecule has 2 aromatic rings. The second-order valence-corrected chi connectivity index (χ2v) is 7.74. The van der Waals surface area contributed by atoms with Crippen molar-refractivity contribution in [3.8, 4) is 0 Å². The lowest BCUT2D eigenvalue weighted by Gasteiger charge is -2.35. The second kappa shape index (κ2) is 4.76. The van der Waals surface area contributed by atoms with Gasteiger partial charge in [-0.05, 0) is 54.5 Å². The number of nitrogens with zero attached hydrogens (tertiary/aromatic N) is 1. The van der Waals surface area contributed by atoms with Crippen LogP contribution in [0.4, 0.5) is 0 Å². The van der Waals surface area contributed by atoms with E-state index in [1.54, 1.807) is 6.20 Å². The minimum atomic E-state index is -0.769. The molecule has 4 nitrogen and oxygen atoms in total. The number of rotatable bonds is 1. The fourth-order valence-electron chi connectivity index (χ4n) is 4.18.